The number of rotatable bonds is 12. The lowest BCUT2D eigenvalue weighted by Gasteiger charge is -2.05. The average molecular weight is 1170 g/mol. The standard InChI is InChI=1S/C64H52N7O.3BrH/c1-72-44-48-17-25-52(26-18-48)56-40-64-63-39-55(51-23-15-47(16-24-51)43-71-35-9-4-10-36-71)58(67-63)28-27-57-53(49-19-11-45(12-20-49)41-69-31-5-2-6-32-69)37-61(65-57)62-38-54(59(66-62)29-30-60(56)68-64)50-21-13-46(14-22-50)42-70-33-7-3-8-34-70;;;/h2-40,65-66H,41-44H2,1H3;3*1H/q+3;;;/p-3. The number of nitrogens with zero attached hydrogens (tertiary/aromatic N) is 5. The molecule has 4 aromatic carbocycles. The van der Waals surface area contributed by atoms with Crippen LogP contribution < -0.4 is 64.6 Å². The summed E-state index contributed by atoms with van der Waals surface area (Å²) in [6.07, 6.45) is 17.0. The molecule has 2 aliphatic heterocycles. The Morgan fingerprint density at radius 2 is 0.707 bits per heavy atom. The molecule has 0 radical (unpaired) electrons. The van der Waals surface area contributed by atoms with Crippen LogP contribution in [0.2, 0.25) is 0 Å². The molecule has 75 heavy (non-hydrogen) atoms. The van der Waals surface area contributed by atoms with Crippen LogP contribution in [0.1, 0.15) is 56.2 Å². The van der Waals surface area contributed by atoms with Gasteiger partial charge in [0.05, 0.1) is 40.4 Å². The Morgan fingerprint density at radius 3 is 1.05 bits per heavy atom. The van der Waals surface area contributed by atoms with Crippen molar-refractivity contribution in [3.05, 3.63) is 281 Å². The monoisotopic (exact) mass is 1170 g/mol. The molecule has 0 amide bonds. The molecule has 12 rings (SSSR count). The minimum absolute atomic E-state index is 0. The molecule has 2 N–H and O–H groups in total. The van der Waals surface area contributed by atoms with Gasteiger partial charge in [0.1, 0.15) is 0 Å². The second-order valence-corrected chi connectivity index (χ2v) is 18.4. The molecule has 0 saturated heterocycles. The van der Waals surface area contributed by atoms with E-state index < -0.39 is 0 Å². The molecular formula is C64H52Br3N7O. The van der Waals surface area contributed by atoms with Crippen LogP contribution in [-0.4, -0.2) is 27.0 Å². The number of benzene rings is 4. The molecule has 8 heterocycles. The molecule has 6 aromatic heterocycles. The van der Waals surface area contributed by atoms with Crippen LogP contribution in [0.4, 0.5) is 0 Å². The molecule has 0 aliphatic carbocycles. The summed E-state index contributed by atoms with van der Waals surface area (Å²) in [4.78, 5) is 18.5. The maximum absolute atomic E-state index is 5.46. The van der Waals surface area contributed by atoms with Gasteiger partial charge in [-0.25, -0.2) is 23.7 Å². The summed E-state index contributed by atoms with van der Waals surface area (Å²) in [5, 5.41) is 0. The van der Waals surface area contributed by atoms with E-state index in [0.717, 1.165) is 115 Å². The van der Waals surface area contributed by atoms with Crippen molar-refractivity contribution in [1.29, 1.82) is 0 Å². The summed E-state index contributed by atoms with van der Waals surface area (Å²) in [6, 6.07) is 67.0. The number of pyridine rings is 3. The number of methoxy groups -OCH3 is 1. The van der Waals surface area contributed by atoms with Crippen LogP contribution in [0.3, 0.4) is 0 Å². The number of hydrogen-bond donors (Lipinski definition) is 2. The van der Waals surface area contributed by atoms with Gasteiger partial charge in [0.25, 0.3) is 0 Å². The highest BCUT2D eigenvalue weighted by atomic mass is 79.9. The third-order valence-electron chi connectivity index (χ3n) is 13.5. The number of aromatic nitrogens is 7. The molecule has 0 unspecified atom stereocenters. The Kier molecular flexibility index (Phi) is 16.5. The largest absolute Gasteiger partial charge is 1.00 e. The highest BCUT2D eigenvalue weighted by Crippen LogP contribution is 2.36. The van der Waals surface area contributed by atoms with E-state index in [4.69, 9.17) is 14.7 Å². The van der Waals surface area contributed by atoms with Crippen molar-refractivity contribution in [3.63, 3.8) is 0 Å². The van der Waals surface area contributed by atoms with E-state index in [1.807, 2.05) is 18.2 Å². The minimum atomic E-state index is 0. The second kappa shape index (κ2) is 23.7. The Hall–Kier alpha value is -7.67. The zero-order chi connectivity index (χ0) is 48.2. The molecular weight excluding hydrogens is 1120 g/mol. The smallest absolute Gasteiger partial charge is 0.173 e. The van der Waals surface area contributed by atoms with E-state index in [2.05, 4.69) is 243 Å². The molecule has 8 bridgehead atoms. The fourth-order valence-electron chi connectivity index (χ4n) is 9.71. The molecule has 370 valence electrons. The minimum Gasteiger partial charge on any atom is -1.00 e. The SMILES string of the molecule is COCc1ccc(C2=Cc3nc2ccc2[nH]c(cc2-c2ccc(C[n+]4ccccc4)cc2)c2cc(-c4ccc(C[n+]5ccccc5)cc4)c(ccc4nc3C=C4c3ccc(C[n+]4ccccc4)cc3)[nH]2)cc1.[Br-].[Br-].[Br-]. The number of hydrogen-bond acceptors (Lipinski definition) is 3. The van der Waals surface area contributed by atoms with Crippen molar-refractivity contribution in [2.24, 2.45) is 0 Å². The molecule has 0 saturated carbocycles. The van der Waals surface area contributed by atoms with Gasteiger partial charge < -0.3 is 65.6 Å². The fourth-order valence-corrected chi connectivity index (χ4v) is 9.71. The summed E-state index contributed by atoms with van der Waals surface area (Å²) in [5.41, 5.74) is 20.7. The Labute approximate surface area is 468 Å². The Morgan fingerprint density at radius 1 is 0.373 bits per heavy atom. The van der Waals surface area contributed by atoms with Gasteiger partial charge in [0.15, 0.2) is 56.8 Å². The Bertz CT molecular complexity index is 3800. The predicted molar refractivity (Wildman–Crippen MR) is 287 cm³/mol. The topological polar surface area (TPSA) is 78.2 Å². The zero-order valence-electron chi connectivity index (χ0n) is 41.1. The van der Waals surface area contributed by atoms with E-state index in [1.54, 1.807) is 7.11 Å². The van der Waals surface area contributed by atoms with Gasteiger partial charge in [-0.1, -0.05) is 115 Å². The number of ether oxygens (including phenoxy) is 1. The first-order chi connectivity index (χ1) is 35.5. The zero-order valence-corrected chi connectivity index (χ0v) is 45.9. The van der Waals surface area contributed by atoms with Crippen LogP contribution in [0.5, 0.6) is 0 Å². The van der Waals surface area contributed by atoms with Gasteiger partial charge in [-0.05, 0) is 76.4 Å². The number of halogens is 3. The normalized spacial score (nSPS) is 11.6. The van der Waals surface area contributed by atoms with Crippen molar-refractivity contribution < 1.29 is 69.4 Å². The van der Waals surface area contributed by atoms with Crippen LogP contribution in [-0.2, 0) is 31.0 Å². The second-order valence-electron chi connectivity index (χ2n) is 18.4. The van der Waals surface area contributed by atoms with Gasteiger partial charge in [-0.15, -0.1) is 0 Å². The number of nitrogens with one attached hydrogen (secondary N) is 2. The van der Waals surface area contributed by atoms with E-state index in [-0.39, 0.29) is 50.9 Å². The van der Waals surface area contributed by atoms with Crippen molar-refractivity contribution in [2.45, 2.75) is 26.2 Å². The van der Waals surface area contributed by atoms with Crippen molar-refractivity contribution >= 4 is 45.4 Å². The van der Waals surface area contributed by atoms with Gasteiger partial charge in [-0.2, -0.15) is 0 Å². The first-order valence-electron chi connectivity index (χ1n) is 24.4. The quantitative estimate of drug-likeness (QED) is 0.185. The summed E-state index contributed by atoms with van der Waals surface area (Å²) >= 11 is 0. The molecule has 11 heteroatoms. The van der Waals surface area contributed by atoms with E-state index in [1.165, 1.54) is 16.7 Å². The number of H-pyrrole nitrogens is 2. The summed E-state index contributed by atoms with van der Waals surface area (Å²) in [6.45, 7) is 2.92. The van der Waals surface area contributed by atoms with E-state index in [9.17, 15) is 0 Å². The van der Waals surface area contributed by atoms with Crippen LogP contribution in [0.25, 0.3) is 67.6 Å². The summed E-state index contributed by atoms with van der Waals surface area (Å²) < 4.78 is 12.0. The first-order valence-corrected chi connectivity index (χ1v) is 24.4. The number of aromatic amines is 2. The summed E-state index contributed by atoms with van der Waals surface area (Å²) in [7, 11) is 1.73. The highest BCUT2D eigenvalue weighted by Gasteiger charge is 2.21. The van der Waals surface area contributed by atoms with Gasteiger partial charge in [0, 0.05) is 93.5 Å². The van der Waals surface area contributed by atoms with Crippen LogP contribution in [0.15, 0.2) is 225 Å². The molecule has 8 nitrogen and oxygen atoms in total. The van der Waals surface area contributed by atoms with Crippen molar-refractivity contribution in [2.75, 3.05) is 7.11 Å². The van der Waals surface area contributed by atoms with Crippen molar-refractivity contribution in [3.8, 4) is 22.3 Å². The first kappa shape index (κ1) is 52.2. The van der Waals surface area contributed by atoms with Gasteiger partial charge in [0.2, 0.25) is 0 Å². The van der Waals surface area contributed by atoms with Crippen LogP contribution >= 0.6 is 0 Å². The molecule has 10 aromatic rings. The average Bonchev–Trinajstić information content (AvgIpc) is 4.25. The fraction of sp³-hybridized carbons (Fsp3) is 0.0781. The lowest BCUT2D eigenvalue weighted by atomic mass is 10.00. The van der Waals surface area contributed by atoms with Crippen molar-refractivity contribution in [1.82, 2.24) is 19.9 Å². The molecule has 2 aliphatic rings. The van der Waals surface area contributed by atoms with E-state index in [0.29, 0.717) is 6.61 Å². The Balaban J connectivity index is 0.00000230. The molecule has 0 fully saturated rings. The van der Waals surface area contributed by atoms with Gasteiger partial charge in [-0.3, -0.25) is 0 Å². The predicted octanol–water partition coefficient (Wildman–Crippen LogP) is 2.99. The van der Waals surface area contributed by atoms with Gasteiger partial charge >= 0.3 is 0 Å². The van der Waals surface area contributed by atoms with Crippen LogP contribution in [0, 0.1) is 0 Å². The maximum Gasteiger partial charge on any atom is 0.173 e. The van der Waals surface area contributed by atoms with E-state index >= 15 is 0 Å². The lowest BCUT2D eigenvalue weighted by Crippen LogP contribution is -3.00. The third kappa shape index (κ3) is 11.7. The summed E-state index contributed by atoms with van der Waals surface area (Å²) in [5.74, 6) is 0. The third-order valence-corrected chi connectivity index (χ3v) is 13.5. The lowest BCUT2D eigenvalue weighted by molar-refractivity contribution is -0.688. The number of fused-ring (bicyclic) bond motifs is 10. The molecule has 0 atom stereocenters. The highest BCUT2D eigenvalue weighted by molar-refractivity contribution is 5.99. The maximum atomic E-state index is 5.46. The molecule has 0 spiro atoms.